The summed E-state index contributed by atoms with van der Waals surface area (Å²) in [6.07, 6.45) is 1.90. The minimum atomic E-state index is 0.104. The van der Waals surface area contributed by atoms with Crippen LogP contribution in [0.4, 0.5) is 0 Å². The largest absolute Gasteiger partial charge is 0.439 e. The van der Waals surface area contributed by atoms with Gasteiger partial charge in [0.05, 0.1) is 22.1 Å². The zero-order valence-electron chi connectivity index (χ0n) is 21.4. The Kier molecular flexibility index (Phi) is 4.63. The summed E-state index contributed by atoms with van der Waals surface area (Å²) >= 11 is 1.85. The molecular formula is C35H21BN2OS. The van der Waals surface area contributed by atoms with Crippen LogP contribution in [0.2, 0.25) is 0 Å². The Hall–Kier alpha value is -4.74. The van der Waals surface area contributed by atoms with E-state index in [-0.39, 0.29) is 6.71 Å². The van der Waals surface area contributed by atoms with Gasteiger partial charge >= 0.3 is 0 Å². The van der Waals surface area contributed by atoms with E-state index in [1.807, 2.05) is 30.1 Å². The molecule has 1 aliphatic heterocycles. The van der Waals surface area contributed by atoms with Crippen molar-refractivity contribution in [1.82, 2.24) is 9.55 Å². The highest BCUT2D eigenvalue weighted by molar-refractivity contribution is 8.00. The highest BCUT2D eigenvalue weighted by Gasteiger charge is 2.33. The molecule has 1 aliphatic rings. The Labute approximate surface area is 235 Å². The number of fused-ring (bicyclic) bond motifs is 8. The third-order valence-electron chi connectivity index (χ3n) is 8.19. The first-order chi connectivity index (χ1) is 19.8. The molecule has 5 heteroatoms. The number of pyridine rings is 1. The summed E-state index contributed by atoms with van der Waals surface area (Å²) < 4.78 is 8.79. The fourth-order valence-corrected chi connectivity index (χ4v) is 7.65. The summed E-state index contributed by atoms with van der Waals surface area (Å²) in [4.78, 5) is 7.37. The average molecular weight is 528 g/mol. The number of benzene rings is 5. The van der Waals surface area contributed by atoms with E-state index in [0.29, 0.717) is 0 Å². The summed E-state index contributed by atoms with van der Waals surface area (Å²) in [5, 5.41) is 4.69. The van der Waals surface area contributed by atoms with Crippen LogP contribution in [-0.4, -0.2) is 16.3 Å². The standard InChI is InChI=1S/C35H21BN2OS/c1-4-15-29-24(11-1)33-25-12-2-5-16-30(25)39-35(33)38(29)23-18-19-27-32(21-23)40-31-17-6-3-13-26(31)36(27)28-14-7-9-22-10-8-20-37-34(22)28/h1-21H. The molecule has 3 aromatic heterocycles. The first kappa shape index (κ1) is 22.1. The smallest absolute Gasteiger partial charge is 0.246 e. The maximum Gasteiger partial charge on any atom is 0.246 e. The molecule has 0 N–H and O–H groups in total. The van der Waals surface area contributed by atoms with Gasteiger partial charge in [-0.15, -0.1) is 0 Å². The topological polar surface area (TPSA) is 31.0 Å². The van der Waals surface area contributed by atoms with Gasteiger partial charge < -0.3 is 4.42 Å². The molecular weight excluding hydrogens is 507 g/mol. The number of furan rings is 1. The molecule has 9 rings (SSSR count). The maximum absolute atomic E-state index is 6.51. The Morgan fingerprint density at radius 2 is 1.43 bits per heavy atom. The highest BCUT2D eigenvalue weighted by atomic mass is 32.2. The summed E-state index contributed by atoms with van der Waals surface area (Å²) in [7, 11) is 0. The zero-order chi connectivity index (χ0) is 26.2. The Balaban J connectivity index is 1.31. The van der Waals surface area contributed by atoms with Crippen molar-refractivity contribution in [2.75, 3.05) is 0 Å². The molecule has 0 atom stereocenters. The van der Waals surface area contributed by atoms with Crippen molar-refractivity contribution in [3.8, 4) is 5.69 Å². The lowest BCUT2D eigenvalue weighted by Gasteiger charge is -2.27. The molecule has 0 fully saturated rings. The molecule has 5 aromatic carbocycles. The predicted octanol–water partition coefficient (Wildman–Crippen LogP) is 7.06. The molecule has 0 spiro atoms. The Morgan fingerprint density at radius 1 is 0.650 bits per heavy atom. The van der Waals surface area contributed by atoms with Crippen molar-refractivity contribution in [2.45, 2.75) is 9.79 Å². The zero-order valence-corrected chi connectivity index (χ0v) is 22.2. The lowest BCUT2D eigenvalue weighted by molar-refractivity contribution is 0.645. The average Bonchev–Trinajstić information content (AvgIpc) is 3.54. The number of para-hydroxylation sites is 3. The molecule has 0 amide bonds. The van der Waals surface area contributed by atoms with Gasteiger partial charge in [0.1, 0.15) is 5.58 Å². The van der Waals surface area contributed by atoms with E-state index in [2.05, 4.69) is 114 Å². The Morgan fingerprint density at radius 3 is 2.40 bits per heavy atom. The van der Waals surface area contributed by atoms with E-state index in [9.17, 15) is 0 Å². The third kappa shape index (κ3) is 3.07. The first-order valence-electron chi connectivity index (χ1n) is 13.5. The van der Waals surface area contributed by atoms with E-state index >= 15 is 0 Å². The maximum atomic E-state index is 6.51. The van der Waals surface area contributed by atoms with E-state index < -0.39 is 0 Å². The van der Waals surface area contributed by atoms with Gasteiger partial charge in [-0.05, 0) is 47.2 Å². The van der Waals surface area contributed by atoms with Gasteiger partial charge in [0.25, 0.3) is 0 Å². The van der Waals surface area contributed by atoms with Crippen LogP contribution in [-0.2, 0) is 0 Å². The number of nitrogens with zero attached hydrogens (tertiary/aromatic N) is 2. The van der Waals surface area contributed by atoms with Crippen molar-refractivity contribution in [2.24, 2.45) is 0 Å². The van der Waals surface area contributed by atoms with Crippen LogP contribution in [0.15, 0.2) is 142 Å². The van der Waals surface area contributed by atoms with Gasteiger partial charge in [-0.3, -0.25) is 9.55 Å². The van der Waals surface area contributed by atoms with Crippen LogP contribution in [0.3, 0.4) is 0 Å². The van der Waals surface area contributed by atoms with Crippen LogP contribution in [0.25, 0.3) is 49.6 Å². The second-order valence-corrected chi connectivity index (χ2v) is 11.4. The first-order valence-corrected chi connectivity index (χ1v) is 14.3. The minimum absolute atomic E-state index is 0.104. The molecule has 0 radical (unpaired) electrons. The molecule has 0 aliphatic carbocycles. The van der Waals surface area contributed by atoms with Gasteiger partial charge in [0, 0.05) is 26.8 Å². The molecule has 186 valence electrons. The van der Waals surface area contributed by atoms with Gasteiger partial charge in [-0.2, -0.15) is 0 Å². The van der Waals surface area contributed by atoms with Gasteiger partial charge in [-0.1, -0.05) is 108 Å². The van der Waals surface area contributed by atoms with Gasteiger partial charge in [0.15, 0.2) is 0 Å². The van der Waals surface area contributed by atoms with Crippen LogP contribution >= 0.6 is 11.8 Å². The number of hydrogen-bond donors (Lipinski definition) is 0. The monoisotopic (exact) mass is 528 g/mol. The molecule has 0 saturated carbocycles. The molecule has 3 nitrogen and oxygen atoms in total. The summed E-state index contributed by atoms with van der Waals surface area (Å²) in [6.45, 7) is 0.104. The second-order valence-electron chi connectivity index (χ2n) is 10.3. The van der Waals surface area contributed by atoms with Crippen molar-refractivity contribution >= 4 is 78.7 Å². The van der Waals surface area contributed by atoms with Crippen LogP contribution in [0.5, 0.6) is 0 Å². The number of hydrogen-bond acceptors (Lipinski definition) is 3. The van der Waals surface area contributed by atoms with Crippen molar-refractivity contribution < 1.29 is 4.42 Å². The van der Waals surface area contributed by atoms with Crippen molar-refractivity contribution in [3.63, 3.8) is 0 Å². The lowest BCUT2D eigenvalue weighted by Crippen LogP contribution is -2.55. The fraction of sp³-hybridized carbons (Fsp3) is 0. The van der Waals surface area contributed by atoms with Crippen LogP contribution < -0.4 is 16.4 Å². The normalized spacial score (nSPS) is 12.8. The van der Waals surface area contributed by atoms with Crippen LogP contribution in [0, 0.1) is 0 Å². The van der Waals surface area contributed by atoms with Gasteiger partial charge in [0.2, 0.25) is 12.4 Å². The molecule has 0 saturated heterocycles. The molecule has 4 heterocycles. The molecule has 40 heavy (non-hydrogen) atoms. The quantitative estimate of drug-likeness (QED) is 0.225. The number of aromatic nitrogens is 2. The van der Waals surface area contributed by atoms with E-state index in [0.717, 1.165) is 33.4 Å². The van der Waals surface area contributed by atoms with Gasteiger partial charge in [-0.25, -0.2) is 0 Å². The fourth-order valence-electron chi connectivity index (χ4n) is 6.48. The van der Waals surface area contributed by atoms with Crippen molar-refractivity contribution in [3.05, 3.63) is 128 Å². The number of rotatable bonds is 2. The van der Waals surface area contributed by atoms with Crippen LogP contribution in [0.1, 0.15) is 0 Å². The minimum Gasteiger partial charge on any atom is -0.439 e. The van der Waals surface area contributed by atoms with E-state index in [1.54, 1.807) is 0 Å². The predicted molar refractivity (Wildman–Crippen MR) is 168 cm³/mol. The molecule has 0 unspecified atom stereocenters. The van der Waals surface area contributed by atoms with E-state index in [1.165, 1.54) is 42.3 Å². The lowest BCUT2D eigenvalue weighted by atomic mass is 9.36. The third-order valence-corrected chi connectivity index (χ3v) is 9.35. The van der Waals surface area contributed by atoms with E-state index in [4.69, 9.17) is 9.40 Å². The summed E-state index contributed by atoms with van der Waals surface area (Å²) in [5.41, 5.74) is 9.00. The Bertz CT molecular complexity index is 2280. The van der Waals surface area contributed by atoms with Crippen molar-refractivity contribution in [1.29, 1.82) is 0 Å². The molecule has 8 aromatic rings. The summed E-state index contributed by atoms with van der Waals surface area (Å²) in [6, 6.07) is 43.3. The molecule has 0 bridgehead atoms. The second kappa shape index (κ2) is 8.38. The highest BCUT2D eigenvalue weighted by Crippen LogP contribution is 2.40. The summed E-state index contributed by atoms with van der Waals surface area (Å²) in [5.74, 6) is 0. The SMILES string of the molecule is c1ccc2c(c1)Sc1cc(-n3c4ccccc4c4c5ccccc5oc43)ccc1B2c1cccc2cccnc12.